The molecule has 2 heterocycles. The third-order valence-corrected chi connectivity index (χ3v) is 4.23. The Balaban J connectivity index is 1.88. The molecule has 1 aliphatic rings. The predicted octanol–water partition coefficient (Wildman–Crippen LogP) is 1.99. The number of rotatable bonds is 4. The Morgan fingerprint density at radius 3 is 2.92 bits per heavy atom. The number of carbonyl (C=O) groups is 2. The normalized spacial score (nSPS) is 14.0. The van der Waals surface area contributed by atoms with Gasteiger partial charge in [-0.3, -0.25) is 14.3 Å². The highest BCUT2D eigenvalue weighted by Gasteiger charge is 2.24. The lowest BCUT2D eigenvalue weighted by molar-refractivity contribution is -0.114. The summed E-state index contributed by atoms with van der Waals surface area (Å²) < 4.78 is 1.82. The Bertz CT molecular complexity index is 807. The Morgan fingerprint density at radius 2 is 2.17 bits per heavy atom. The van der Waals surface area contributed by atoms with Crippen molar-refractivity contribution in [2.75, 3.05) is 11.4 Å². The Kier molecular flexibility index (Phi) is 4.46. The molecule has 6 nitrogen and oxygen atoms in total. The van der Waals surface area contributed by atoms with Crippen molar-refractivity contribution in [3.8, 4) is 0 Å². The number of nitrogens with two attached hydrogens (primary N) is 1. The van der Waals surface area contributed by atoms with Crippen molar-refractivity contribution in [2.45, 2.75) is 26.3 Å². The Labute approximate surface area is 140 Å². The maximum Gasteiger partial charge on any atom is 0.251 e. The highest BCUT2D eigenvalue weighted by Crippen LogP contribution is 2.30. The summed E-state index contributed by atoms with van der Waals surface area (Å²) in [5, 5.41) is 4.18. The fourth-order valence-corrected chi connectivity index (χ4v) is 3.08. The molecule has 2 amide bonds. The van der Waals surface area contributed by atoms with Crippen molar-refractivity contribution in [1.29, 1.82) is 0 Å². The van der Waals surface area contributed by atoms with E-state index in [2.05, 4.69) is 5.10 Å². The smallest absolute Gasteiger partial charge is 0.251 e. The van der Waals surface area contributed by atoms with Gasteiger partial charge < -0.3 is 10.6 Å². The second-order valence-corrected chi connectivity index (χ2v) is 5.67. The van der Waals surface area contributed by atoms with Gasteiger partial charge in [-0.15, -0.1) is 0 Å². The van der Waals surface area contributed by atoms with E-state index in [9.17, 15) is 9.59 Å². The SMILES string of the molecule is CCn1nccc1C=CC(=O)N1CCCc2c(C(N)=O)cccc21. The second kappa shape index (κ2) is 6.70. The van der Waals surface area contributed by atoms with E-state index in [1.54, 1.807) is 35.4 Å². The maximum atomic E-state index is 12.6. The van der Waals surface area contributed by atoms with Gasteiger partial charge in [0.2, 0.25) is 5.91 Å². The van der Waals surface area contributed by atoms with Crippen molar-refractivity contribution in [1.82, 2.24) is 9.78 Å². The third kappa shape index (κ3) is 2.95. The van der Waals surface area contributed by atoms with Gasteiger partial charge in [0.25, 0.3) is 5.91 Å². The van der Waals surface area contributed by atoms with Crippen LogP contribution < -0.4 is 10.6 Å². The summed E-state index contributed by atoms with van der Waals surface area (Å²) >= 11 is 0. The molecule has 24 heavy (non-hydrogen) atoms. The van der Waals surface area contributed by atoms with Crippen molar-refractivity contribution in [3.63, 3.8) is 0 Å². The molecule has 0 fully saturated rings. The van der Waals surface area contributed by atoms with Crippen LogP contribution in [-0.2, 0) is 17.8 Å². The van der Waals surface area contributed by atoms with Gasteiger partial charge in [-0.2, -0.15) is 5.10 Å². The van der Waals surface area contributed by atoms with Crippen LogP contribution in [0.4, 0.5) is 5.69 Å². The quantitative estimate of drug-likeness (QED) is 0.873. The first-order chi connectivity index (χ1) is 11.6. The van der Waals surface area contributed by atoms with Gasteiger partial charge in [-0.25, -0.2) is 0 Å². The molecule has 0 bridgehead atoms. The first kappa shape index (κ1) is 16.0. The van der Waals surface area contributed by atoms with E-state index < -0.39 is 5.91 Å². The molecule has 1 aromatic heterocycles. The number of fused-ring (bicyclic) bond motifs is 1. The summed E-state index contributed by atoms with van der Waals surface area (Å²) in [4.78, 5) is 25.9. The van der Waals surface area contributed by atoms with E-state index in [-0.39, 0.29) is 5.91 Å². The van der Waals surface area contributed by atoms with Crippen LogP contribution in [0.15, 0.2) is 36.5 Å². The van der Waals surface area contributed by atoms with Crippen LogP contribution in [0.5, 0.6) is 0 Å². The summed E-state index contributed by atoms with van der Waals surface area (Å²) in [6, 6.07) is 7.21. The van der Waals surface area contributed by atoms with E-state index in [1.165, 1.54) is 0 Å². The average molecular weight is 324 g/mol. The fourth-order valence-electron chi connectivity index (χ4n) is 3.08. The van der Waals surface area contributed by atoms with E-state index in [4.69, 9.17) is 5.73 Å². The largest absolute Gasteiger partial charge is 0.366 e. The van der Waals surface area contributed by atoms with Crippen LogP contribution >= 0.6 is 0 Å². The van der Waals surface area contributed by atoms with Gasteiger partial charge in [0.05, 0.1) is 5.69 Å². The molecule has 0 radical (unpaired) electrons. The van der Waals surface area contributed by atoms with Crippen LogP contribution in [0, 0.1) is 0 Å². The first-order valence-electron chi connectivity index (χ1n) is 8.05. The number of anilines is 1. The lowest BCUT2D eigenvalue weighted by atomic mass is 9.96. The highest BCUT2D eigenvalue weighted by molar-refractivity contribution is 6.06. The van der Waals surface area contributed by atoms with Gasteiger partial charge in [-0.1, -0.05) is 6.07 Å². The summed E-state index contributed by atoms with van der Waals surface area (Å²) in [5.74, 6) is -0.565. The number of hydrogen-bond acceptors (Lipinski definition) is 3. The molecule has 0 spiro atoms. The van der Waals surface area contributed by atoms with Crippen molar-refractivity contribution < 1.29 is 9.59 Å². The second-order valence-electron chi connectivity index (χ2n) is 5.67. The molecule has 0 saturated heterocycles. The van der Waals surface area contributed by atoms with Crippen molar-refractivity contribution >= 4 is 23.6 Å². The van der Waals surface area contributed by atoms with Crippen molar-refractivity contribution in [3.05, 3.63) is 53.4 Å². The van der Waals surface area contributed by atoms with E-state index in [0.717, 1.165) is 36.3 Å². The summed E-state index contributed by atoms with van der Waals surface area (Å²) in [5.41, 5.74) is 8.46. The Morgan fingerprint density at radius 1 is 1.33 bits per heavy atom. The third-order valence-electron chi connectivity index (χ3n) is 4.23. The lowest BCUT2D eigenvalue weighted by Crippen LogP contribution is -2.35. The molecule has 1 aromatic carbocycles. The molecule has 1 aliphatic heterocycles. The minimum atomic E-state index is -0.455. The van der Waals surface area contributed by atoms with Gasteiger partial charge in [0, 0.05) is 36.6 Å². The van der Waals surface area contributed by atoms with Crippen LogP contribution in [0.3, 0.4) is 0 Å². The summed E-state index contributed by atoms with van der Waals surface area (Å²) in [7, 11) is 0. The van der Waals surface area contributed by atoms with Crippen molar-refractivity contribution in [2.24, 2.45) is 5.73 Å². The van der Waals surface area contributed by atoms with Crippen LogP contribution in [0.1, 0.15) is 35.0 Å². The zero-order valence-corrected chi connectivity index (χ0v) is 13.6. The van der Waals surface area contributed by atoms with Gasteiger partial charge in [0.15, 0.2) is 0 Å². The fraction of sp³-hybridized carbons (Fsp3) is 0.278. The Hall–Kier alpha value is -2.89. The molecule has 2 aromatic rings. The zero-order chi connectivity index (χ0) is 17.1. The molecule has 0 saturated carbocycles. The van der Waals surface area contributed by atoms with Gasteiger partial charge in [-0.05, 0) is 49.6 Å². The average Bonchev–Trinajstić information content (AvgIpc) is 3.06. The molecule has 0 unspecified atom stereocenters. The van der Waals surface area contributed by atoms with E-state index in [1.807, 2.05) is 23.7 Å². The number of hydrogen-bond donors (Lipinski definition) is 1. The number of aromatic nitrogens is 2. The summed E-state index contributed by atoms with van der Waals surface area (Å²) in [6.07, 6.45) is 6.59. The highest BCUT2D eigenvalue weighted by atomic mass is 16.2. The number of nitrogens with zero attached hydrogens (tertiary/aromatic N) is 3. The topological polar surface area (TPSA) is 81.2 Å². The maximum absolute atomic E-state index is 12.6. The zero-order valence-electron chi connectivity index (χ0n) is 13.6. The number of benzene rings is 1. The number of aryl methyl sites for hydroxylation is 1. The molecule has 0 atom stereocenters. The lowest BCUT2D eigenvalue weighted by Gasteiger charge is -2.29. The molecule has 124 valence electrons. The summed E-state index contributed by atoms with van der Waals surface area (Å²) in [6.45, 7) is 3.37. The molecule has 0 aliphatic carbocycles. The molecular formula is C18H20N4O2. The molecular weight excluding hydrogens is 304 g/mol. The number of amides is 2. The standard InChI is InChI=1S/C18H20N4O2/c1-2-22-13(10-11-20-22)8-9-17(23)21-12-4-6-14-15(18(19)24)5-3-7-16(14)21/h3,5,7-11H,2,4,6,12H2,1H3,(H2,19,24). The minimum absolute atomic E-state index is 0.110. The predicted molar refractivity (Wildman–Crippen MR) is 92.6 cm³/mol. The van der Waals surface area contributed by atoms with Gasteiger partial charge in [0.1, 0.15) is 0 Å². The van der Waals surface area contributed by atoms with E-state index >= 15 is 0 Å². The first-order valence-corrected chi connectivity index (χ1v) is 8.05. The molecule has 2 N–H and O–H groups in total. The van der Waals surface area contributed by atoms with Gasteiger partial charge >= 0.3 is 0 Å². The number of primary amides is 1. The number of carbonyl (C=O) groups excluding carboxylic acids is 2. The van der Waals surface area contributed by atoms with E-state index in [0.29, 0.717) is 12.1 Å². The molecule has 6 heteroatoms. The van der Waals surface area contributed by atoms with Crippen LogP contribution in [0.25, 0.3) is 6.08 Å². The minimum Gasteiger partial charge on any atom is -0.366 e. The monoisotopic (exact) mass is 324 g/mol. The molecule has 3 rings (SSSR count). The van der Waals surface area contributed by atoms with Crippen LogP contribution in [-0.4, -0.2) is 28.1 Å². The van der Waals surface area contributed by atoms with Crippen LogP contribution in [0.2, 0.25) is 0 Å².